The molecule has 36 heavy (non-hydrogen) atoms. The van der Waals surface area contributed by atoms with Crippen molar-refractivity contribution in [2.75, 3.05) is 11.9 Å². The molecule has 1 unspecified atom stereocenters. The molecule has 0 radical (unpaired) electrons. The van der Waals surface area contributed by atoms with E-state index in [0.29, 0.717) is 23.7 Å². The quantitative estimate of drug-likeness (QED) is 0.472. The number of hydrogen-bond acceptors (Lipinski definition) is 5. The third kappa shape index (κ3) is 6.22. The smallest absolute Gasteiger partial charge is 0.405 e. The SMILES string of the molecule is CC(=O)Nc1ccccc1-c1cc(CNC(=O)c2ccccc2OC(F)(F)F)nn1C1CCCCO1. The average molecular weight is 502 g/mol. The summed E-state index contributed by atoms with van der Waals surface area (Å²) in [4.78, 5) is 24.4. The minimum Gasteiger partial charge on any atom is -0.405 e. The maximum absolute atomic E-state index is 12.7. The van der Waals surface area contributed by atoms with Gasteiger partial charge in [0.05, 0.1) is 29.2 Å². The molecule has 1 atom stereocenters. The number of halogens is 3. The fourth-order valence-corrected chi connectivity index (χ4v) is 4.01. The summed E-state index contributed by atoms with van der Waals surface area (Å²) in [5.74, 6) is -1.55. The third-order valence-corrected chi connectivity index (χ3v) is 5.52. The van der Waals surface area contributed by atoms with Gasteiger partial charge in [-0.3, -0.25) is 9.59 Å². The lowest BCUT2D eigenvalue weighted by Gasteiger charge is -2.25. The molecule has 1 aliphatic rings. The Kier molecular flexibility index (Phi) is 7.58. The van der Waals surface area contributed by atoms with Crippen molar-refractivity contribution in [1.29, 1.82) is 0 Å². The summed E-state index contributed by atoms with van der Waals surface area (Å²) in [6, 6.07) is 14.1. The van der Waals surface area contributed by atoms with Crippen molar-refractivity contribution in [3.63, 3.8) is 0 Å². The zero-order valence-electron chi connectivity index (χ0n) is 19.5. The molecule has 2 aromatic carbocycles. The number of carbonyl (C=O) groups excluding carboxylic acids is 2. The molecule has 0 aliphatic carbocycles. The summed E-state index contributed by atoms with van der Waals surface area (Å²) in [5, 5.41) is 10.1. The van der Waals surface area contributed by atoms with Gasteiger partial charge in [-0.2, -0.15) is 5.10 Å². The Labute approximate surface area is 205 Å². The average Bonchev–Trinajstić information content (AvgIpc) is 3.26. The number of carbonyl (C=O) groups is 2. The molecule has 2 heterocycles. The number of anilines is 1. The summed E-state index contributed by atoms with van der Waals surface area (Å²) in [6.07, 6.45) is -2.61. The molecule has 0 saturated carbocycles. The Morgan fingerprint density at radius 3 is 2.61 bits per heavy atom. The molecule has 4 rings (SSSR count). The second-order valence-corrected chi connectivity index (χ2v) is 8.24. The summed E-state index contributed by atoms with van der Waals surface area (Å²) in [7, 11) is 0. The predicted octanol–water partition coefficient (Wildman–Crippen LogP) is 5.04. The molecule has 11 heteroatoms. The van der Waals surface area contributed by atoms with E-state index >= 15 is 0 Å². The van der Waals surface area contributed by atoms with Crippen LogP contribution in [0.4, 0.5) is 18.9 Å². The molecule has 1 aromatic heterocycles. The van der Waals surface area contributed by atoms with Gasteiger partial charge < -0.3 is 20.1 Å². The summed E-state index contributed by atoms with van der Waals surface area (Å²) >= 11 is 0. The van der Waals surface area contributed by atoms with Crippen molar-refractivity contribution in [2.24, 2.45) is 0 Å². The Balaban J connectivity index is 1.61. The lowest BCUT2D eigenvalue weighted by molar-refractivity contribution is -0.274. The Hall–Kier alpha value is -3.86. The molecular formula is C25H25F3N4O4. The van der Waals surface area contributed by atoms with Crippen LogP contribution in [0.5, 0.6) is 5.75 Å². The number of ether oxygens (including phenoxy) is 2. The topological polar surface area (TPSA) is 94.5 Å². The number of hydrogen-bond donors (Lipinski definition) is 2. The molecule has 0 spiro atoms. The van der Waals surface area contributed by atoms with E-state index in [9.17, 15) is 22.8 Å². The van der Waals surface area contributed by atoms with Gasteiger partial charge in [-0.1, -0.05) is 30.3 Å². The second-order valence-electron chi connectivity index (χ2n) is 8.24. The van der Waals surface area contributed by atoms with Gasteiger partial charge in [0.2, 0.25) is 5.91 Å². The fraction of sp³-hybridized carbons (Fsp3) is 0.320. The van der Waals surface area contributed by atoms with Crippen LogP contribution < -0.4 is 15.4 Å². The standard InChI is InChI=1S/C25H25F3N4O4/c1-16(33)30-20-10-4-2-8-18(20)21-14-17(31-32(21)23-12-6-7-13-35-23)15-29-24(34)19-9-3-5-11-22(19)36-25(26,27)28/h2-5,8-11,14,23H,6-7,12-13,15H2,1H3,(H,29,34)(H,30,33). The van der Waals surface area contributed by atoms with Crippen LogP contribution in [0.15, 0.2) is 54.6 Å². The highest BCUT2D eigenvalue weighted by Gasteiger charge is 2.33. The highest BCUT2D eigenvalue weighted by molar-refractivity contribution is 5.97. The van der Waals surface area contributed by atoms with Gasteiger partial charge in [0.25, 0.3) is 5.91 Å². The van der Waals surface area contributed by atoms with Crippen LogP contribution in [-0.4, -0.2) is 34.6 Å². The molecule has 190 valence electrons. The van der Waals surface area contributed by atoms with Gasteiger partial charge in [-0.05, 0) is 43.5 Å². The van der Waals surface area contributed by atoms with Crippen LogP contribution >= 0.6 is 0 Å². The number of amides is 2. The summed E-state index contributed by atoms with van der Waals surface area (Å²) in [6.45, 7) is 1.95. The highest BCUT2D eigenvalue weighted by Crippen LogP contribution is 2.33. The van der Waals surface area contributed by atoms with E-state index in [1.54, 1.807) is 22.9 Å². The van der Waals surface area contributed by atoms with Crippen molar-refractivity contribution in [3.05, 3.63) is 65.9 Å². The van der Waals surface area contributed by atoms with Gasteiger partial charge in [-0.25, -0.2) is 4.68 Å². The first-order valence-electron chi connectivity index (χ1n) is 11.4. The third-order valence-electron chi connectivity index (χ3n) is 5.52. The number of nitrogens with one attached hydrogen (secondary N) is 2. The van der Waals surface area contributed by atoms with E-state index in [4.69, 9.17) is 4.74 Å². The number of benzene rings is 2. The van der Waals surface area contributed by atoms with Crippen LogP contribution in [0, 0.1) is 0 Å². The summed E-state index contributed by atoms with van der Waals surface area (Å²) < 4.78 is 49.8. The maximum atomic E-state index is 12.7. The Morgan fingerprint density at radius 2 is 1.89 bits per heavy atom. The van der Waals surface area contributed by atoms with E-state index in [2.05, 4.69) is 20.5 Å². The van der Waals surface area contributed by atoms with Gasteiger partial charge in [0, 0.05) is 19.1 Å². The second kappa shape index (κ2) is 10.8. The normalized spacial score (nSPS) is 15.8. The number of alkyl halides is 3. The zero-order valence-corrected chi connectivity index (χ0v) is 19.5. The molecule has 1 aliphatic heterocycles. The van der Waals surface area contributed by atoms with Gasteiger partial charge >= 0.3 is 6.36 Å². The van der Waals surface area contributed by atoms with E-state index < -0.39 is 18.0 Å². The molecule has 2 amide bonds. The lowest BCUT2D eigenvalue weighted by Crippen LogP contribution is -2.26. The van der Waals surface area contributed by atoms with Crippen LogP contribution in [0.2, 0.25) is 0 Å². The fourth-order valence-electron chi connectivity index (χ4n) is 4.01. The monoisotopic (exact) mass is 502 g/mol. The van der Waals surface area contributed by atoms with Gasteiger partial charge in [0.15, 0.2) is 6.23 Å². The molecule has 0 bridgehead atoms. The van der Waals surface area contributed by atoms with Crippen molar-refractivity contribution in [1.82, 2.24) is 15.1 Å². The molecule has 1 saturated heterocycles. The van der Waals surface area contributed by atoms with Crippen LogP contribution in [0.3, 0.4) is 0 Å². The van der Waals surface area contributed by atoms with E-state index in [-0.39, 0.29) is 24.2 Å². The zero-order chi connectivity index (χ0) is 25.7. The molecular weight excluding hydrogens is 477 g/mol. The van der Waals surface area contributed by atoms with Crippen molar-refractivity contribution in [3.8, 4) is 17.0 Å². The first-order chi connectivity index (χ1) is 17.2. The van der Waals surface area contributed by atoms with Crippen LogP contribution in [0.25, 0.3) is 11.3 Å². The first kappa shape index (κ1) is 25.2. The number of nitrogens with zero attached hydrogens (tertiary/aromatic N) is 2. The minimum absolute atomic E-state index is 0.0474. The molecule has 8 nitrogen and oxygen atoms in total. The van der Waals surface area contributed by atoms with Gasteiger partial charge in [-0.15, -0.1) is 13.2 Å². The van der Waals surface area contributed by atoms with Crippen molar-refractivity contribution in [2.45, 2.75) is 45.3 Å². The molecule has 1 fully saturated rings. The van der Waals surface area contributed by atoms with Crippen molar-refractivity contribution < 1.29 is 32.2 Å². The van der Waals surface area contributed by atoms with E-state index in [1.165, 1.54) is 25.1 Å². The lowest BCUT2D eigenvalue weighted by atomic mass is 10.1. The largest absolute Gasteiger partial charge is 0.573 e. The number of aromatic nitrogens is 2. The van der Waals surface area contributed by atoms with E-state index in [0.717, 1.165) is 30.9 Å². The minimum atomic E-state index is -4.93. The first-order valence-corrected chi connectivity index (χ1v) is 11.4. The van der Waals surface area contributed by atoms with E-state index in [1.807, 2.05) is 12.1 Å². The van der Waals surface area contributed by atoms with Gasteiger partial charge in [0.1, 0.15) is 5.75 Å². The maximum Gasteiger partial charge on any atom is 0.573 e. The molecule has 2 N–H and O–H groups in total. The van der Waals surface area contributed by atoms with Crippen molar-refractivity contribution >= 4 is 17.5 Å². The summed E-state index contributed by atoms with van der Waals surface area (Å²) in [5.41, 5.74) is 2.21. The number of rotatable bonds is 7. The Bertz CT molecular complexity index is 1240. The predicted molar refractivity (Wildman–Crippen MR) is 125 cm³/mol. The van der Waals surface area contributed by atoms with Crippen LogP contribution in [-0.2, 0) is 16.1 Å². The number of para-hydroxylation sites is 2. The Morgan fingerprint density at radius 1 is 1.14 bits per heavy atom. The van der Waals surface area contributed by atoms with Crippen LogP contribution in [0.1, 0.15) is 48.5 Å². The molecule has 3 aromatic rings. The highest BCUT2D eigenvalue weighted by atomic mass is 19.4.